The highest BCUT2D eigenvalue weighted by molar-refractivity contribution is 5.22. The highest BCUT2D eigenvalue weighted by Gasteiger charge is 2.23. The summed E-state index contributed by atoms with van der Waals surface area (Å²) >= 11 is 0. The van der Waals surface area contributed by atoms with Gasteiger partial charge in [0.05, 0.1) is 11.2 Å². The predicted octanol–water partition coefficient (Wildman–Crippen LogP) is 3.24. The van der Waals surface area contributed by atoms with Crippen LogP contribution in [-0.4, -0.2) is 9.78 Å². The minimum atomic E-state index is 0.0776. The highest BCUT2D eigenvalue weighted by Crippen LogP contribution is 2.25. The van der Waals surface area contributed by atoms with E-state index in [2.05, 4.69) is 64.4 Å². The fraction of sp³-hybridized carbons (Fsp3) is 0.750. The first-order valence-corrected chi connectivity index (χ1v) is 5.19. The minimum absolute atomic E-state index is 0.0776. The van der Waals surface area contributed by atoms with Gasteiger partial charge in [0.2, 0.25) is 0 Å². The zero-order valence-electron chi connectivity index (χ0n) is 10.5. The van der Waals surface area contributed by atoms with E-state index >= 15 is 0 Å². The van der Waals surface area contributed by atoms with Crippen molar-refractivity contribution in [2.75, 3.05) is 0 Å². The maximum atomic E-state index is 4.67. The maximum absolute atomic E-state index is 4.67. The van der Waals surface area contributed by atoms with Crippen molar-refractivity contribution in [3.63, 3.8) is 0 Å². The maximum Gasteiger partial charge on any atom is 0.0707 e. The van der Waals surface area contributed by atoms with Crippen LogP contribution in [0.1, 0.15) is 52.8 Å². The third kappa shape index (κ3) is 2.17. The predicted molar refractivity (Wildman–Crippen MR) is 60.7 cm³/mol. The quantitative estimate of drug-likeness (QED) is 0.620. The molecule has 2 heteroatoms. The van der Waals surface area contributed by atoms with Crippen molar-refractivity contribution in [2.24, 2.45) is 0 Å². The van der Waals surface area contributed by atoms with Crippen molar-refractivity contribution in [3.8, 4) is 0 Å². The largest absolute Gasteiger partial charge is 0.267 e. The Morgan fingerprint density at radius 1 is 1.07 bits per heavy atom. The van der Waals surface area contributed by atoms with Gasteiger partial charge in [-0.1, -0.05) is 20.8 Å². The van der Waals surface area contributed by atoms with Gasteiger partial charge in [-0.3, -0.25) is 4.68 Å². The fourth-order valence-electron chi connectivity index (χ4n) is 1.55. The normalized spacial score (nSPS) is 13.4. The third-order valence-electron chi connectivity index (χ3n) is 2.29. The van der Waals surface area contributed by atoms with E-state index in [-0.39, 0.29) is 11.0 Å². The molecule has 14 heavy (non-hydrogen) atoms. The number of aryl methyl sites for hydroxylation is 1. The molecule has 0 aliphatic heterocycles. The first kappa shape index (κ1) is 11.3. The van der Waals surface area contributed by atoms with E-state index in [9.17, 15) is 0 Å². The molecule has 0 aliphatic carbocycles. The standard InChI is InChI=1S/C12H22N2/c1-9-8-14(12(5,6)7)13-10(9)11(2,3)4/h8H,1-7H3. The first-order chi connectivity index (χ1) is 6.12. The second-order valence-electron chi connectivity index (χ2n) is 6.03. The van der Waals surface area contributed by atoms with Crippen LogP contribution in [0.15, 0.2) is 6.20 Å². The number of nitrogens with zero attached hydrogens (tertiary/aromatic N) is 2. The van der Waals surface area contributed by atoms with Gasteiger partial charge in [0.15, 0.2) is 0 Å². The molecule has 0 radical (unpaired) electrons. The lowest BCUT2D eigenvalue weighted by atomic mass is 9.90. The molecule has 0 saturated heterocycles. The molecule has 0 aliphatic rings. The third-order valence-corrected chi connectivity index (χ3v) is 2.29. The molecular formula is C12H22N2. The van der Waals surface area contributed by atoms with Gasteiger partial charge in [0, 0.05) is 11.6 Å². The molecule has 1 aromatic rings. The summed E-state index contributed by atoms with van der Waals surface area (Å²) in [7, 11) is 0. The van der Waals surface area contributed by atoms with Crippen LogP contribution in [0.25, 0.3) is 0 Å². The van der Waals surface area contributed by atoms with E-state index in [0.29, 0.717) is 0 Å². The Labute approximate surface area is 87.3 Å². The molecule has 0 unspecified atom stereocenters. The molecule has 1 aromatic heterocycles. The Morgan fingerprint density at radius 3 is 1.79 bits per heavy atom. The molecule has 0 spiro atoms. The van der Waals surface area contributed by atoms with E-state index in [4.69, 9.17) is 0 Å². The number of aromatic nitrogens is 2. The molecular weight excluding hydrogens is 172 g/mol. The van der Waals surface area contributed by atoms with Gasteiger partial charge >= 0.3 is 0 Å². The van der Waals surface area contributed by atoms with Crippen LogP contribution in [-0.2, 0) is 11.0 Å². The number of rotatable bonds is 0. The number of hydrogen-bond donors (Lipinski definition) is 0. The van der Waals surface area contributed by atoms with Gasteiger partial charge in [-0.25, -0.2) is 0 Å². The van der Waals surface area contributed by atoms with Crippen molar-refractivity contribution < 1.29 is 0 Å². The first-order valence-electron chi connectivity index (χ1n) is 5.19. The summed E-state index contributed by atoms with van der Waals surface area (Å²) in [5, 5.41) is 4.67. The second kappa shape index (κ2) is 3.11. The molecule has 0 bridgehead atoms. The number of hydrogen-bond acceptors (Lipinski definition) is 1. The fourth-order valence-corrected chi connectivity index (χ4v) is 1.55. The lowest BCUT2D eigenvalue weighted by molar-refractivity contribution is 0.348. The van der Waals surface area contributed by atoms with E-state index in [1.165, 1.54) is 11.3 Å². The Hall–Kier alpha value is -0.790. The van der Waals surface area contributed by atoms with Gasteiger partial charge in [-0.15, -0.1) is 0 Å². The average molecular weight is 194 g/mol. The lowest BCUT2D eigenvalue weighted by Crippen LogP contribution is -2.23. The summed E-state index contributed by atoms with van der Waals surface area (Å²) in [6.45, 7) is 15.3. The average Bonchev–Trinajstić information content (AvgIpc) is 2.27. The lowest BCUT2D eigenvalue weighted by Gasteiger charge is -2.20. The molecule has 1 heterocycles. The van der Waals surface area contributed by atoms with Crippen molar-refractivity contribution in [2.45, 2.75) is 59.4 Å². The zero-order valence-corrected chi connectivity index (χ0v) is 10.5. The van der Waals surface area contributed by atoms with Gasteiger partial charge in [-0.2, -0.15) is 5.10 Å². The van der Waals surface area contributed by atoms with Crippen molar-refractivity contribution in [1.29, 1.82) is 0 Å². The Bertz CT molecular complexity index is 321. The smallest absolute Gasteiger partial charge is 0.0707 e. The van der Waals surface area contributed by atoms with E-state index < -0.39 is 0 Å². The van der Waals surface area contributed by atoms with Crippen LogP contribution in [0.4, 0.5) is 0 Å². The Morgan fingerprint density at radius 2 is 1.57 bits per heavy atom. The molecule has 0 aromatic carbocycles. The van der Waals surface area contributed by atoms with Crippen LogP contribution in [0, 0.1) is 6.92 Å². The van der Waals surface area contributed by atoms with Crippen LogP contribution < -0.4 is 0 Å². The molecule has 0 atom stereocenters. The molecule has 2 nitrogen and oxygen atoms in total. The van der Waals surface area contributed by atoms with Crippen molar-refractivity contribution in [3.05, 3.63) is 17.5 Å². The SMILES string of the molecule is Cc1cn(C(C)(C)C)nc1C(C)(C)C. The minimum Gasteiger partial charge on any atom is -0.267 e. The summed E-state index contributed by atoms with van der Waals surface area (Å²) in [5.74, 6) is 0. The monoisotopic (exact) mass is 194 g/mol. The second-order valence-corrected chi connectivity index (χ2v) is 6.03. The summed E-state index contributed by atoms with van der Waals surface area (Å²) in [6.07, 6.45) is 2.14. The molecule has 0 fully saturated rings. The topological polar surface area (TPSA) is 17.8 Å². The van der Waals surface area contributed by atoms with Crippen molar-refractivity contribution >= 4 is 0 Å². The van der Waals surface area contributed by atoms with Crippen LogP contribution in [0.2, 0.25) is 0 Å². The highest BCUT2D eigenvalue weighted by atomic mass is 15.3. The molecule has 80 valence electrons. The van der Waals surface area contributed by atoms with Crippen LogP contribution in [0.5, 0.6) is 0 Å². The van der Waals surface area contributed by atoms with Crippen LogP contribution >= 0.6 is 0 Å². The molecule has 0 N–H and O–H groups in total. The Kier molecular flexibility index (Phi) is 2.51. The van der Waals surface area contributed by atoms with E-state index in [0.717, 1.165) is 0 Å². The van der Waals surface area contributed by atoms with E-state index in [1.54, 1.807) is 0 Å². The molecule has 0 amide bonds. The van der Waals surface area contributed by atoms with Gasteiger partial charge < -0.3 is 0 Å². The summed E-state index contributed by atoms with van der Waals surface area (Å²) < 4.78 is 2.06. The zero-order chi connectivity index (χ0) is 11.1. The molecule has 0 saturated carbocycles. The Balaban J connectivity index is 3.19. The van der Waals surface area contributed by atoms with Gasteiger partial charge in [0.25, 0.3) is 0 Å². The van der Waals surface area contributed by atoms with E-state index in [1.807, 2.05) is 0 Å². The summed E-state index contributed by atoms with van der Waals surface area (Å²) in [6, 6.07) is 0. The molecule has 1 rings (SSSR count). The van der Waals surface area contributed by atoms with Crippen LogP contribution in [0.3, 0.4) is 0 Å². The van der Waals surface area contributed by atoms with Gasteiger partial charge in [0.1, 0.15) is 0 Å². The van der Waals surface area contributed by atoms with Crippen molar-refractivity contribution in [1.82, 2.24) is 9.78 Å². The van der Waals surface area contributed by atoms with Gasteiger partial charge in [-0.05, 0) is 33.3 Å². The summed E-state index contributed by atoms with van der Waals surface area (Å²) in [5.41, 5.74) is 2.70. The summed E-state index contributed by atoms with van der Waals surface area (Å²) in [4.78, 5) is 0.